The Balaban J connectivity index is 1.48. The number of likely N-dealkylation sites (N-methyl/N-ethyl adjacent to an activating group) is 1. The third-order valence-corrected chi connectivity index (χ3v) is 7.61. The minimum Gasteiger partial charge on any atom is -0.493 e. The summed E-state index contributed by atoms with van der Waals surface area (Å²) in [5, 5.41) is 0. The van der Waals surface area contributed by atoms with E-state index in [1.165, 1.54) is 20.1 Å². The molecule has 0 saturated carbocycles. The maximum atomic E-state index is 13.2. The smallest absolute Gasteiger partial charge is 0.331 e. The molecule has 2 aliphatic rings. The Bertz CT molecular complexity index is 1250. The van der Waals surface area contributed by atoms with Gasteiger partial charge in [0.15, 0.2) is 23.7 Å². The average Bonchev–Trinajstić information content (AvgIpc) is 3.09. The normalized spacial score (nSPS) is 24.5. The molecule has 2 fully saturated rings. The molecular weight excluding hydrogens is 530 g/mol. The zero-order valence-electron chi connectivity index (χ0n) is 24.0. The first-order chi connectivity index (χ1) is 19.7. The number of nitrogens with zero attached hydrogens (tertiary/aromatic N) is 1. The first-order valence-electron chi connectivity index (χ1n) is 13.5. The Morgan fingerprint density at radius 3 is 2.17 bits per heavy atom. The van der Waals surface area contributed by atoms with Gasteiger partial charge < -0.3 is 28.4 Å². The van der Waals surface area contributed by atoms with Crippen molar-refractivity contribution >= 4 is 24.0 Å². The van der Waals surface area contributed by atoms with Crippen molar-refractivity contribution in [2.45, 2.75) is 56.1 Å². The number of benzene rings is 2. The van der Waals surface area contributed by atoms with Gasteiger partial charge in [-0.1, -0.05) is 36.4 Å². The fourth-order valence-corrected chi connectivity index (χ4v) is 5.66. The van der Waals surface area contributed by atoms with E-state index in [0.717, 1.165) is 11.1 Å². The number of ether oxygens (including phenoxy) is 6. The maximum absolute atomic E-state index is 13.2. The van der Waals surface area contributed by atoms with Gasteiger partial charge in [-0.3, -0.25) is 14.5 Å². The van der Waals surface area contributed by atoms with Crippen LogP contribution in [-0.2, 0) is 33.3 Å². The summed E-state index contributed by atoms with van der Waals surface area (Å²) in [5.74, 6) is -0.910. The van der Waals surface area contributed by atoms with E-state index in [1.807, 2.05) is 42.3 Å². The van der Waals surface area contributed by atoms with E-state index in [0.29, 0.717) is 24.3 Å². The van der Waals surface area contributed by atoms with Crippen LogP contribution in [0, 0.1) is 0 Å². The zero-order chi connectivity index (χ0) is 29.5. The van der Waals surface area contributed by atoms with Gasteiger partial charge in [0.05, 0.1) is 32.9 Å². The molecule has 10 nitrogen and oxygen atoms in total. The molecule has 0 amide bonds. The van der Waals surface area contributed by atoms with Crippen LogP contribution in [0.5, 0.6) is 11.5 Å². The van der Waals surface area contributed by atoms with Crippen LogP contribution in [0.3, 0.4) is 0 Å². The second-order valence-electron chi connectivity index (χ2n) is 10.2. The van der Waals surface area contributed by atoms with Crippen LogP contribution in [0.25, 0.3) is 6.08 Å². The molecular formula is C31H37NO9. The fraction of sp³-hybridized carbons (Fsp3) is 0.452. The van der Waals surface area contributed by atoms with Crippen molar-refractivity contribution in [3.63, 3.8) is 0 Å². The van der Waals surface area contributed by atoms with E-state index in [4.69, 9.17) is 28.4 Å². The molecule has 10 heteroatoms. The Hall–Kier alpha value is -3.89. The number of hydrogen-bond donors (Lipinski definition) is 0. The summed E-state index contributed by atoms with van der Waals surface area (Å²) in [6.45, 7) is 1.51. The molecule has 2 bridgehead atoms. The molecule has 0 spiro atoms. The highest BCUT2D eigenvalue weighted by atomic mass is 16.6. The molecule has 0 aliphatic carbocycles. The van der Waals surface area contributed by atoms with Crippen LogP contribution in [0.2, 0.25) is 0 Å². The molecule has 0 aromatic heterocycles. The summed E-state index contributed by atoms with van der Waals surface area (Å²) < 4.78 is 33.4. The molecule has 2 saturated heterocycles. The highest BCUT2D eigenvalue weighted by molar-refractivity contribution is 5.87. The van der Waals surface area contributed by atoms with E-state index >= 15 is 0 Å². The van der Waals surface area contributed by atoms with Gasteiger partial charge in [0.2, 0.25) is 0 Å². The van der Waals surface area contributed by atoms with Crippen molar-refractivity contribution in [1.29, 1.82) is 0 Å². The standard InChI is InChI=1S/C31H37NO9/c1-19(33)39-29-24-16-22(40-31(35)23(18-36-3)21-9-7-6-8-10-21)17-25(32(24)2)30(29)41-28(34)14-12-20-11-13-26(37-4)27(15-20)38-5/h6-15,22-25,29-30H,16-18H2,1-5H3/b14-12-. The summed E-state index contributed by atoms with van der Waals surface area (Å²) >= 11 is 0. The van der Waals surface area contributed by atoms with Gasteiger partial charge in [0.25, 0.3) is 0 Å². The maximum Gasteiger partial charge on any atom is 0.331 e. The monoisotopic (exact) mass is 567 g/mol. The lowest BCUT2D eigenvalue weighted by atomic mass is 9.98. The lowest BCUT2D eigenvalue weighted by molar-refractivity contribution is -0.161. The minimum atomic E-state index is -0.732. The molecule has 220 valence electrons. The van der Waals surface area contributed by atoms with Gasteiger partial charge in [-0.2, -0.15) is 0 Å². The Morgan fingerprint density at radius 1 is 0.902 bits per heavy atom. The summed E-state index contributed by atoms with van der Waals surface area (Å²) in [5.41, 5.74) is 1.52. The van der Waals surface area contributed by atoms with E-state index in [-0.39, 0.29) is 24.7 Å². The van der Waals surface area contributed by atoms with E-state index in [1.54, 1.807) is 38.5 Å². The van der Waals surface area contributed by atoms with E-state index in [2.05, 4.69) is 0 Å². The Kier molecular flexibility index (Phi) is 10.0. The van der Waals surface area contributed by atoms with Crippen LogP contribution in [0.1, 0.15) is 36.8 Å². The minimum absolute atomic E-state index is 0.186. The van der Waals surface area contributed by atoms with Crippen molar-refractivity contribution in [2.75, 3.05) is 35.0 Å². The largest absolute Gasteiger partial charge is 0.493 e. The van der Waals surface area contributed by atoms with Crippen LogP contribution in [0.4, 0.5) is 0 Å². The third kappa shape index (κ3) is 7.07. The molecule has 2 aromatic rings. The van der Waals surface area contributed by atoms with Crippen LogP contribution >= 0.6 is 0 Å². The number of carbonyl (C=O) groups is 3. The lowest BCUT2D eigenvalue weighted by Gasteiger charge is -2.36. The van der Waals surface area contributed by atoms with Gasteiger partial charge in [-0.15, -0.1) is 0 Å². The predicted molar refractivity (Wildman–Crippen MR) is 150 cm³/mol. The quantitative estimate of drug-likeness (QED) is 0.228. The van der Waals surface area contributed by atoms with Crippen LogP contribution < -0.4 is 9.47 Å². The second kappa shape index (κ2) is 13.6. The number of rotatable bonds is 11. The first kappa shape index (κ1) is 30.1. The first-order valence-corrected chi connectivity index (χ1v) is 13.5. The summed E-state index contributed by atoms with van der Waals surface area (Å²) in [6.07, 6.45) is 1.91. The summed E-state index contributed by atoms with van der Waals surface area (Å²) in [4.78, 5) is 40.2. The molecule has 0 radical (unpaired) electrons. The van der Waals surface area contributed by atoms with Crippen molar-refractivity contribution in [1.82, 2.24) is 4.90 Å². The topological polar surface area (TPSA) is 110 Å². The summed E-state index contributed by atoms with van der Waals surface area (Å²) in [6, 6.07) is 14.0. The molecule has 2 aromatic carbocycles. The van der Waals surface area contributed by atoms with Gasteiger partial charge >= 0.3 is 17.9 Å². The molecule has 6 atom stereocenters. The van der Waals surface area contributed by atoms with Crippen LogP contribution in [-0.4, -0.2) is 88.2 Å². The number of hydrogen-bond acceptors (Lipinski definition) is 10. The van der Waals surface area contributed by atoms with E-state index < -0.39 is 36.2 Å². The number of esters is 3. The Morgan fingerprint density at radius 2 is 1.56 bits per heavy atom. The summed E-state index contributed by atoms with van der Waals surface area (Å²) in [7, 11) is 6.52. The van der Waals surface area contributed by atoms with Crippen molar-refractivity contribution in [2.24, 2.45) is 0 Å². The third-order valence-electron chi connectivity index (χ3n) is 7.61. The van der Waals surface area contributed by atoms with Gasteiger partial charge in [-0.05, 0) is 36.4 Å². The number of carbonyl (C=O) groups excluding carboxylic acids is 3. The number of piperidine rings is 1. The predicted octanol–water partition coefficient (Wildman–Crippen LogP) is 3.38. The molecule has 6 unspecified atom stereocenters. The van der Waals surface area contributed by atoms with Crippen LogP contribution in [0.15, 0.2) is 54.6 Å². The fourth-order valence-electron chi connectivity index (χ4n) is 5.66. The molecule has 4 rings (SSSR count). The molecule has 0 N–H and O–H groups in total. The van der Waals surface area contributed by atoms with Crippen molar-refractivity contribution in [3.8, 4) is 11.5 Å². The molecule has 2 heterocycles. The highest BCUT2D eigenvalue weighted by Gasteiger charge is 2.56. The Labute approximate surface area is 240 Å². The molecule has 41 heavy (non-hydrogen) atoms. The van der Waals surface area contributed by atoms with Gasteiger partial charge in [0.1, 0.15) is 12.0 Å². The van der Waals surface area contributed by atoms with Gasteiger partial charge in [-0.25, -0.2) is 4.79 Å². The average molecular weight is 568 g/mol. The number of methoxy groups -OCH3 is 3. The van der Waals surface area contributed by atoms with Gasteiger partial charge in [0, 0.05) is 33.0 Å². The van der Waals surface area contributed by atoms with E-state index in [9.17, 15) is 14.4 Å². The lowest BCUT2D eigenvalue weighted by Crippen LogP contribution is -2.46. The van der Waals surface area contributed by atoms with Crippen molar-refractivity contribution < 1.29 is 42.8 Å². The molecule has 2 aliphatic heterocycles. The second-order valence-corrected chi connectivity index (χ2v) is 10.2. The van der Waals surface area contributed by atoms with Crippen molar-refractivity contribution in [3.05, 3.63) is 65.7 Å². The number of fused-ring (bicyclic) bond motifs is 2. The highest BCUT2D eigenvalue weighted by Crippen LogP contribution is 2.40. The zero-order valence-corrected chi connectivity index (χ0v) is 24.0. The SMILES string of the molecule is COCC(C(=O)OC1CC2C(OC(C)=O)C(OC(=O)/C=C\c3ccc(OC)c(OC)c3)C(C1)N2C)c1ccccc1.